The average molecular weight is 184 g/mol. The van der Waals surface area contributed by atoms with E-state index in [0.29, 0.717) is 18.1 Å². The predicted molar refractivity (Wildman–Crippen MR) is 53.7 cm³/mol. The molecular weight excluding hydrogens is 164 g/mol. The Kier molecular flexibility index (Phi) is 3.09. The second-order valence-corrected chi connectivity index (χ2v) is 4.13. The minimum atomic E-state index is -0.255. The summed E-state index contributed by atoms with van der Waals surface area (Å²) in [7, 11) is 3.99. The van der Waals surface area contributed by atoms with Crippen LogP contribution in [0.3, 0.4) is 0 Å². The molecule has 0 aliphatic carbocycles. The Hall–Kier alpha value is -0.410. The molecule has 0 aromatic carbocycles. The van der Waals surface area contributed by atoms with Gasteiger partial charge < -0.3 is 5.32 Å². The molecule has 0 unspecified atom stereocenters. The summed E-state index contributed by atoms with van der Waals surface area (Å²) in [4.78, 5) is 14.0. The van der Waals surface area contributed by atoms with Crippen LogP contribution in [-0.4, -0.2) is 43.4 Å². The molecule has 3 heteroatoms. The molecule has 76 valence electrons. The number of hydrogen-bond acceptors (Lipinski definition) is 3. The molecular formula is C10H20N2O. The van der Waals surface area contributed by atoms with E-state index >= 15 is 0 Å². The predicted octanol–water partition coefficient (Wildman–Crippen LogP) is 0.505. The number of ketones is 1. The number of carbonyl (C=O) groups is 1. The Labute approximate surface area is 80.5 Å². The first-order chi connectivity index (χ1) is 6.05. The number of hydrogen-bond donors (Lipinski definition) is 1. The highest BCUT2D eigenvalue weighted by molar-refractivity contribution is 5.89. The van der Waals surface area contributed by atoms with Crippen LogP contribution in [0.1, 0.15) is 20.3 Å². The number of Topliss-reactive ketones (excluding diaryl/α,β-unsaturated/α-hetero) is 1. The van der Waals surface area contributed by atoms with Crippen molar-refractivity contribution in [2.24, 2.45) is 5.92 Å². The Morgan fingerprint density at radius 3 is 2.54 bits per heavy atom. The lowest BCUT2D eigenvalue weighted by Gasteiger charge is -2.37. The van der Waals surface area contributed by atoms with Gasteiger partial charge in [0, 0.05) is 19.5 Å². The monoisotopic (exact) mass is 184 g/mol. The third-order valence-electron chi connectivity index (χ3n) is 3.26. The standard InChI is InChI=1S/C10H20N2O/c1-5-9(13)10(12(3)4)7-11-6-8(10)2/h8,11H,5-7H2,1-4H3/t8-,10-/m0/s1. The molecule has 1 aliphatic heterocycles. The molecule has 3 nitrogen and oxygen atoms in total. The van der Waals surface area contributed by atoms with Crippen LogP contribution in [0.15, 0.2) is 0 Å². The highest BCUT2D eigenvalue weighted by Crippen LogP contribution is 2.28. The van der Waals surface area contributed by atoms with E-state index in [2.05, 4.69) is 17.1 Å². The zero-order valence-electron chi connectivity index (χ0n) is 9.05. The van der Waals surface area contributed by atoms with E-state index in [4.69, 9.17) is 0 Å². The molecule has 0 amide bonds. The molecule has 0 aromatic rings. The van der Waals surface area contributed by atoms with Crippen LogP contribution in [0.5, 0.6) is 0 Å². The van der Waals surface area contributed by atoms with Gasteiger partial charge in [0.2, 0.25) is 0 Å². The summed E-state index contributed by atoms with van der Waals surface area (Å²) in [6.45, 7) is 5.84. The van der Waals surface area contributed by atoms with Crippen LogP contribution in [0.2, 0.25) is 0 Å². The average Bonchev–Trinajstić information content (AvgIpc) is 2.47. The Morgan fingerprint density at radius 1 is 1.62 bits per heavy atom. The van der Waals surface area contributed by atoms with E-state index in [0.717, 1.165) is 13.1 Å². The Balaban J connectivity index is 2.93. The summed E-state index contributed by atoms with van der Waals surface area (Å²) in [5, 5.41) is 3.30. The fraction of sp³-hybridized carbons (Fsp3) is 0.900. The summed E-state index contributed by atoms with van der Waals surface area (Å²) in [5.41, 5.74) is -0.255. The van der Waals surface area contributed by atoms with Crippen molar-refractivity contribution in [2.75, 3.05) is 27.2 Å². The van der Waals surface area contributed by atoms with Gasteiger partial charge in [-0.1, -0.05) is 13.8 Å². The van der Waals surface area contributed by atoms with Gasteiger partial charge in [0.25, 0.3) is 0 Å². The zero-order valence-corrected chi connectivity index (χ0v) is 9.05. The molecule has 0 saturated carbocycles. The lowest BCUT2D eigenvalue weighted by Crippen LogP contribution is -2.56. The molecule has 0 aromatic heterocycles. The summed E-state index contributed by atoms with van der Waals surface area (Å²) < 4.78 is 0. The lowest BCUT2D eigenvalue weighted by atomic mass is 9.82. The molecule has 0 spiro atoms. The number of nitrogens with one attached hydrogen (secondary N) is 1. The van der Waals surface area contributed by atoms with Crippen molar-refractivity contribution >= 4 is 5.78 Å². The van der Waals surface area contributed by atoms with Crippen molar-refractivity contribution in [1.29, 1.82) is 0 Å². The lowest BCUT2D eigenvalue weighted by molar-refractivity contribution is -0.130. The van der Waals surface area contributed by atoms with Crippen molar-refractivity contribution in [3.05, 3.63) is 0 Å². The molecule has 1 fully saturated rings. The maximum absolute atomic E-state index is 11.9. The van der Waals surface area contributed by atoms with E-state index in [1.165, 1.54) is 0 Å². The maximum Gasteiger partial charge on any atom is 0.154 e. The topological polar surface area (TPSA) is 32.3 Å². The van der Waals surface area contributed by atoms with Gasteiger partial charge in [0.1, 0.15) is 0 Å². The fourth-order valence-corrected chi connectivity index (χ4v) is 2.35. The van der Waals surface area contributed by atoms with Crippen molar-refractivity contribution in [1.82, 2.24) is 10.2 Å². The van der Waals surface area contributed by atoms with Gasteiger partial charge >= 0.3 is 0 Å². The molecule has 1 saturated heterocycles. The molecule has 1 heterocycles. The van der Waals surface area contributed by atoms with E-state index < -0.39 is 0 Å². The highest BCUT2D eigenvalue weighted by Gasteiger charge is 2.47. The number of rotatable bonds is 3. The van der Waals surface area contributed by atoms with Crippen molar-refractivity contribution < 1.29 is 4.79 Å². The van der Waals surface area contributed by atoms with E-state index in [9.17, 15) is 4.79 Å². The van der Waals surface area contributed by atoms with Gasteiger partial charge in [-0.05, 0) is 20.0 Å². The van der Waals surface area contributed by atoms with Crippen LogP contribution >= 0.6 is 0 Å². The minimum Gasteiger partial charge on any atom is -0.314 e. The number of carbonyl (C=O) groups excluding carboxylic acids is 1. The zero-order chi connectivity index (χ0) is 10.1. The molecule has 2 atom stereocenters. The third-order valence-corrected chi connectivity index (χ3v) is 3.26. The summed E-state index contributed by atoms with van der Waals surface area (Å²) >= 11 is 0. The van der Waals surface area contributed by atoms with E-state index in [1.54, 1.807) is 0 Å². The second-order valence-electron chi connectivity index (χ2n) is 4.13. The van der Waals surface area contributed by atoms with Crippen LogP contribution < -0.4 is 5.32 Å². The first kappa shape index (κ1) is 10.7. The molecule has 1 rings (SSSR count). The van der Waals surface area contributed by atoms with Crippen LogP contribution in [0.4, 0.5) is 0 Å². The van der Waals surface area contributed by atoms with Gasteiger partial charge in [-0.25, -0.2) is 0 Å². The smallest absolute Gasteiger partial charge is 0.154 e. The van der Waals surface area contributed by atoms with Gasteiger partial charge in [0.05, 0.1) is 5.54 Å². The molecule has 1 aliphatic rings. The van der Waals surface area contributed by atoms with E-state index in [1.807, 2.05) is 21.0 Å². The normalized spacial score (nSPS) is 34.1. The SMILES string of the molecule is CCC(=O)[C@]1(N(C)C)CNC[C@@H]1C. The first-order valence-electron chi connectivity index (χ1n) is 4.97. The minimum absolute atomic E-state index is 0.255. The van der Waals surface area contributed by atoms with Crippen LogP contribution in [0, 0.1) is 5.92 Å². The van der Waals surface area contributed by atoms with Gasteiger partial charge in [-0.2, -0.15) is 0 Å². The summed E-state index contributed by atoms with van der Waals surface area (Å²) in [6, 6.07) is 0. The van der Waals surface area contributed by atoms with Crippen LogP contribution in [0.25, 0.3) is 0 Å². The van der Waals surface area contributed by atoms with Crippen molar-refractivity contribution in [3.63, 3.8) is 0 Å². The summed E-state index contributed by atoms with van der Waals surface area (Å²) in [6.07, 6.45) is 0.629. The number of likely N-dealkylation sites (N-methyl/N-ethyl adjacent to an activating group) is 1. The Bertz CT molecular complexity index is 203. The van der Waals surface area contributed by atoms with Gasteiger partial charge in [-0.15, -0.1) is 0 Å². The second kappa shape index (κ2) is 3.76. The van der Waals surface area contributed by atoms with Gasteiger partial charge in [0.15, 0.2) is 5.78 Å². The maximum atomic E-state index is 11.9. The largest absolute Gasteiger partial charge is 0.314 e. The molecule has 13 heavy (non-hydrogen) atoms. The number of nitrogens with zero attached hydrogens (tertiary/aromatic N) is 1. The molecule has 0 bridgehead atoms. The highest BCUT2D eigenvalue weighted by atomic mass is 16.1. The third kappa shape index (κ3) is 1.51. The first-order valence-corrected chi connectivity index (χ1v) is 4.97. The van der Waals surface area contributed by atoms with Crippen molar-refractivity contribution in [3.8, 4) is 0 Å². The molecule has 0 radical (unpaired) electrons. The Morgan fingerprint density at radius 2 is 2.23 bits per heavy atom. The van der Waals surface area contributed by atoms with Gasteiger partial charge in [-0.3, -0.25) is 9.69 Å². The fourth-order valence-electron chi connectivity index (χ4n) is 2.35. The quantitative estimate of drug-likeness (QED) is 0.693. The summed E-state index contributed by atoms with van der Waals surface area (Å²) in [5.74, 6) is 0.768. The van der Waals surface area contributed by atoms with E-state index in [-0.39, 0.29) is 5.54 Å². The van der Waals surface area contributed by atoms with Crippen molar-refractivity contribution in [2.45, 2.75) is 25.8 Å². The van der Waals surface area contributed by atoms with Crippen LogP contribution in [-0.2, 0) is 4.79 Å². The molecule has 1 N–H and O–H groups in total.